The lowest BCUT2D eigenvalue weighted by Gasteiger charge is -2.23. The minimum absolute atomic E-state index is 0.551. The molecular formula is C26H38FN. The zero-order chi connectivity index (χ0) is 20.4. The summed E-state index contributed by atoms with van der Waals surface area (Å²) in [7, 11) is 0. The fourth-order valence-corrected chi connectivity index (χ4v) is 4.05. The first-order valence-electron chi connectivity index (χ1n) is 10.9. The lowest BCUT2D eigenvalue weighted by molar-refractivity contribution is 0.140. The van der Waals surface area contributed by atoms with Gasteiger partial charge in [0.15, 0.2) is 0 Å². The number of alkyl halides is 1. The molecule has 1 aliphatic heterocycles. The zero-order valence-corrected chi connectivity index (χ0v) is 18.1. The first-order chi connectivity index (χ1) is 13.4. The second-order valence-corrected chi connectivity index (χ2v) is 8.80. The van der Waals surface area contributed by atoms with E-state index in [0.29, 0.717) is 12.5 Å². The summed E-state index contributed by atoms with van der Waals surface area (Å²) in [5.74, 6) is 0.676. The van der Waals surface area contributed by atoms with Gasteiger partial charge in [0, 0.05) is 13.1 Å². The third-order valence-electron chi connectivity index (χ3n) is 5.39. The lowest BCUT2D eigenvalue weighted by atomic mass is 9.98. The van der Waals surface area contributed by atoms with Crippen LogP contribution in [-0.2, 0) is 12.8 Å². The molecule has 0 spiro atoms. The van der Waals surface area contributed by atoms with Crippen molar-refractivity contribution in [3.63, 3.8) is 0 Å². The number of allylic oxidation sites excluding steroid dienone is 5. The Morgan fingerprint density at radius 3 is 2.61 bits per heavy atom. The quantitative estimate of drug-likeness (QED) is 0.384. The van der Waals surface area contributed by atoms with E-state index in [1.165, 1.54) is 36.0 Å². The number of hydrogen-bond donors (Lipinski definition) is 0. The molecule has 1 aromatic rings. The van der Waals surface area contributed by atoms with Crippen molar-refractivity contribution in [1.82, 2.24) is 4.90 Å². The van der Waals surface area contributed by atoms with Gasteiger partial charge in [0.05, 0.1) is 0 Å². The zero-order valence-electron chi connectivity index (χ0n) is 18.1. The summed E-state index contributed by atoms with van der Waals surface area (Å²) in [4.78, 5) is 2.28. The molecule has 0 bridgehead atoms. The summed E-state index contributed by atoms with van der Waals surface area (Å²) in [6, 6.07) is 8.98. The number of aryl methyl sites for hydroxylation is 1. The molecule has 1 aromatic carbocycles. The predicted octanol–water partition coefficient (Wildman–Crippen LogP) is 6.70. The SMILES string of the molecule is C=C/C=C(\C=C/Cc1ccc(CCC)cc1)CCC1CCN(CC(C)(C)F)C1. The highest BCUT2D eigenvalue weighted by Gasteiger charge is 2.27. The Labute approximate surface area is 172 Å². The normalized spacial score (nSPS) is 18.9. The number of likely N-dealkylation sites (tertiary alicyclic amines) is 1. The van der Waals surface area contributed by atoms with Crippen LogP contribution in [0.4, 0.5) is 4.39 Å². The van der Waals surface area contributed by atoms with E-state index >= 15 is 0 Å². The lowest BCUT2D eigenvalue weighted by Crippen LogP contribution is -2.34. The molecule has 2 rings (SSSR count). The van der Waals surface area contributed by atoms with Crippen LogP contribution in [0, 0.1) is 5.92 Å². The van der Waals surface area contributed by atoms with Gasteiger partial charge in [-0.3, -0.25) is 4.90 Å². The monoisotopic (exact) mass is 383 g/mol. The maximum atomic E-state index is 13.9. The number of rotatable bonds is 11. The van der Waals surface area contributed by atoms with Gasteiger partial charge in [-0.25, -0.2) is 4.39 Å². The van der Waals surface area contributed by atoms with E-state index in [1.807, 2.05) is 6.08 Å². The average Bonchev–Trinajstić information content (AvgIpc) is 3.07. The Balaban J connectivity index is 1.79. The molecule has 0 N–H and O–H groups in total. The van der Waals surface area contributed by atoms with Gasteiger partial charge in [-0.15, -0.1) is 0 Å². The van der Waals surface area contributed by atoms with Gasteiger partial charge in [0.2, 0.25) is 0 Å². The van der Waals surface area contributed by atoms with Gasteiger partial charge in [-0.1, -0.05) is 68.5 Å². The van der Waals surface area contributed by atoms with Crippen molar-refractivity contribution in [2.24, 2.45) is 5.92 Å². The van der Waals surface area contributed by atoms with Crippen LogP contribution in [0.15, 0.2) is 60.7 Å². The molecule has 1 fully saturated rings. The van der Waals surface area contributed by atoms with Crippen LogP contribution in [0.1, 0.15) is 57.6 Å². The standard InChI is InChI=1S/C26H38FN/c1-5-8-22(10-7-11-24-14-12-23(9-6-2)13-15-24)16-17-25-18-19-28(20-25)21-26(3,4)27/h5,7-8,10,12-15,25H,1,6,9,11,16-21H2,2-4H3/b10-7-,22-8+. The molecule has 154 valence electrons. The van der Waals surface area contributed by atoms with Crippen LogP contribution in [-0.4, -0.2) is 30.2 Å². The highest BCUT2D eigenvalue weighted by Crippen LogP contribution is 2.25. The molecule has 1 atom stereocenters. The van der Waals surface area contributed by atoms with Crippen molar-refractivity contribution in [2.75, 3.05) is 19.6 Å². The Morgan fingerprint density at radius 1 is 1.25 bits per heavy atom. The Hall–Kier alpha value is -1.67. The first kappa shape index (κ1) is 22.6. The molecule has 2 heteroatoms. The predicted molar refractivity (Wildman–Crippen MR) is 121 cm³/mol. The Bertz CT molecular complexity index is 648. The van der Waals surface area contributed by atoms with E-state index in [-0.39, 0.29) is 0 Å². The number of nitrogens with zero attached hydrogens (tertiary/aromatic N) is 1. The van der Waals surface area contributed by atoms with Gasteiger partial charge < -0.3 is 0 Å². The topological polar surface area (TPSA) is 3.24 Å². The van der Waals surface area contributed by atoms with Crippen LogP contribution in [0.2, 0.25) is 0 Å². The van der Waals surface area contributed by atoms with Crippen molar-refractivity contribution in [2.45, 2.75) is 65.0 Å². The van der Waals surface area contributed by atoms with Crippen molar-refractivity contribution < 1.29 is 4.39 Å². The molecule has 0 aromatic heterocycles. The van der Waals surface area contributed by atoms with Crippen LogP contribution in [0.3, 0.4) is 0 Å². The average molecular weight is 384 g/mol. The Kier molecular flexibility index (Phi) is 9.18. The Morgan fingerprint density at radius 2 is 1.96 bits per heavy atom. The van der Waals surface area contributed by atoms with Crippen molar-refractivity contribution in [3.8, 4) is 0 Å². The van der Waals surface area contributed by atoms with Gasteiger partial charge in [-0.05, 0) is 75.1 Å². The van der Waals surface area contributed by atoms with E-state index in [0.717, 1.165) is 32.4 Å². The fourth-order valence-electron chi connectivity index (χ4n) is 4.05. The molecule has 0 saturated carbocycles. The van der Waals surface area contributed by atoms with Gasteiger partial charge >= 0.3 is 0 Å². The summed E-state index contributed by atoms with van der Waals surface area (Å²) in [6.07, 6.45) is 15.2. The minimum Gasteiger partial charge on any atom is -0.300 e. The van der Waals surface area contributed by atoms with Crippen LogP contribution in [0.25, 0.3) is 0 Å². The van der Waals surface area contributed by atoms with E-state index < -0.39 is 5.67 Å². The van der Waals surface area contributed by atoms with E-state index in [9.17, 15) is 4.39 Å². The van der Waals surface area contributed by atoms with Crippen molar-refractivity contribution in [3.05, 3.63) is 71.8 Å². The molecule has 1 saturated heterocycles. The molecule has 28 heavy (non-hydrogen) atoms. The second-order valence-electron chi connectivity index (χ2n) is 8.80. The molecule has 1 unspecified atom stereocenters. The van der Waals surface area contributed by atoms with Gasteiger partial charge in [0.1, 0.15) is 5.67 Å². The van der Waals surface area contributed by atoms with Crippen molar-refractivity contribution in [1.29, 1.82) is 0 Å². The molecule has 1 heterocycles. The van der Waals surface area contributed by atoms with Gasteiger partial charge in [-0.2, -0.15) is 0 Å². The van der Waals surface area contributed by atoms with E-state index in [2.05, 4.69) is 60.9 Å². The maximum Gasteiger partial charge on any atom is 0.118 e. The maximum absolute atomic E-state index is 13.9. The van der Waals surface area contributed by atoms with E-state index in [4.69, 9.17) is 0 Å². The third-order valence-corrected chi connectivity index (χ3v) is 5.39. The van der Waals surface area contributed by atoms with Crippen molar-refractivity contribution >= 4 is 0 Å². The van der Waals surface area contributed by atoms with Crippen LogP contribution < -0.4 is 0 Å². The highest BCUT2D eigenvalue weighted by molar-refractivity contribution is 5.27. The van der Waals surface area contributed by atoms with Crippen LogP contribution in [0.5, 0.6) is 0 Å². The second kappa shape index (κ2) is 11.4. The summed E-state index contributed by atoms with van der Waals surface area (Å²) in [5, 5.41) is 0. The van der Waals surface area contributed by atoms with Crippen LogP contribution >= 0.6 is 0 Å². The van der Waals surface area contributed by atoms with Gasteiger partial charge in [0.25, 0.3) is 0 Å². The highest BCUT2D eigenvalue weighted by atomic mass is 19.1. The first-order valence-corrected chi connectivity index (χ1v) is 10.9. The summed E-state index contributed by atoms with van der Waals surface area (Å²) in [5.41, 5.74) is 3.01. The van der Waals surface area contributed by atoms with E-state index in [1.54, 1.807) is 13.8 Å². The summed E-state index contributed by atoms with van der Waals surface area (Å²) < 4.78 is 13.9. The molecule has 0 aliphatic carbocycles. The fraction of sp³-hybridized carbons (Fsp3) is 0.538. The summed E-state index contributed by atoms with van der Waals surface area (Å²) >= 11 is 0. The third kappa shape index (κ3) is 8.56. The smallest absolute Gasteiger partial charge is 0.118 e. The molecule has 0 amide bonds. The molecule has 0 radical (unpaired) electrons. The molecular weight excluding hydrogens is 345 g/mol. The number of hydrogen-bond acceptors (Lipinski definition) is 1. The number of halogens is 1. The molecule has 1 aliphatic rings. The summed E-state index contributed by atoms with van der Waals surface area (Å²) in [6.45, 7) is 12.0. The molecule has 1 nitrogen and oxygen atoms in total. The largest absolute Gasteiger partial charge is 0.300 e. The number of benzene rings is 1. The minimum atomic E-state index is -1.10.